The molecule has 1 N–H and O–H groups in total. The van der Waals surface area contributed by atoms with E-state index in [1.165, 1.54) is 0 Å². The number of aromatic nitrogens is 3. The minimum absolute atomic E-state index is 0.154. The van der Waals surface area contributed by atoms with Gasteiger partial charge in [0.05, 0.1) is 18.0 Å². The molecule has 0 fully saturated rings. The summed E-state index contributed by atoms with van der Waals surface area (Å²) in [4.78, 5) is 16.1. The third-order valence-electron chi connectivity index (χ3n) is 3.33. The van der Waals surface area contributed by atoms with Crippen LogP contribution >= 0.6 is 23.4 Å². The molecule has 0 saturated heterocycles. The molecule has 0 bridgehead atoms. The first-order valence-electron chi connectivity index (χ1n) is 7.43. The molecule has 2 heterocycles. The molecule has 3 rings (SSSR count). The van der Waals surface area contributed by atoms with Crippen LogP contribution in [0.25, 0.3) is 11.5 Å². The van der Waals surface area contributed by atoms with Gasteiger partial charge in [0.15, 0.2) is 0 Å². The Morgan fingerprint density at radius 3 is 2.64 bits per heavy atom. The number of carbonyl (C=O) groups excluding carboxylic acids is 1. The maximum absolute atomic E-state index is 11.9. The molecule has 7 nitrogen and oxygen atoms in total. The summed E-state index contributed by atoms with van der Waals surface area (Å²) in [6, 6.07) is 7.07. The van der Waals surface area contributed by atoms with Gasteiger partial charge in [-0.25, -0.2) is 4.98 Å². The van der Waals surface area contributed by atoms with Gasteiger partial charge in [0.1, 0.15) is 5.76 Å². The van der Waals surface area contributed by atoms with Crippen LogP contribution in [0.4, 0.5) is 0 Å². The summed E-state index contributed by atoms with van der Waals surface area (Å²) in [5.74, 6) is 1.59. The molecule has 2 aromatic heterocycles. The predicted molar refractivity (Wildman–Crippen MR) is 93.3 cm³/mol. The SMILES string of the molecule is Cc1nc(CNC(=O)CSc2nnc(-c3ccc(Cl)cc3)o2)oc1C. The van der Waals surface area contributed by atoms with Crippen molar-refractivity contribution < 1.29 is 13.6 Å². The Balaban J connectivity index is 1.50. The molecule has 0 aliphatic carbocycles. The molecule has 9 heteroatoms. The first-order chi connectivity index (χ1) is 12.0. The van der Waals surface area contributed by atoms with Gasteiger partial charge in [-0.15, -0.1) is 10.2 Å². The normalized spacial score (nSPS) is 10.8. The molecule has 0 aliphatic rings. The van der Waals surface area contributed by atoms with E-state index in [-0.39, 0.29) is 18.2 Å². The summed E-state index contributed by atoms with van der Waals surface area (Å²) < 4.78 is 10.9. The quantitative estimate of drug-likeness (QED) is 0.657. The van der Waals surface area contributed by atoms with E-state index in [2.05, 4.69) is 20.5 Å². The fraction of sp³-hybridized carbons (Fsp3) is 0.250. The Kier molecular flexibility index (Phi) is 5.40. The second-order valence-corrected chi connectivity index (χ2v) is 6.56. The zero-order chi connectivity index (χ0) is 17.8. The number of carbonyl (C=O) groups is 1. The minimum Gasteiger partial charge on any atom is -0.444 e. The number of nitrogens with zero attached hydrogens (tertiary/aromatic N) is 3. The Morgan fingerprint density at radius 2 is 1.96 bits per heavy atom. The highest BCUT2D eigenvalue weighted by Crippen LogP contribution is 2.24. The van der Waals surface area contributed by atoms with Gasteiger partial charge < -0.3 is 14.2 Å². The van der Waals surface area contributed by atoms with Crippen LogP contribution in [0.1, 0.15) is 17.3 Å². The van der Waals surface area contributed by atoms with E-state index in [9.17, 15) is 4.79 Å². The highest BCUT2D eigenvalue weighted by molar-refractivity contribution is 7.99. The van der Waals surface area contributed by atoms with E-state index in [1.807, 2.05) is 13.8 Å². The number of nitrogens with one attached hydrogen (secondary N) is 1. The summed E-state index contributed by atoms with van der Waals surface area (Å²) in [5.41, 5.74) is 1.59. The number of amides is 1. The number of hydrogen-bond donors (Lipinski definition) is 1. The van der Waals surface area contributed by atoms with Crippen LogP contribution in [-0.4, -0.2) is 26.8 Å². The van der Waals surface area contributed by atoms with Crippen molar-refractivity contribution in [3.05, 3.63) is 46.6 Å². The molecule has 0 saturated carbocycles. The summed E-state index contributed by atoms with van der Waals surface area (Å²) in [6.45, 7) is 3.93. The summed E-state index contributed by atoms with van der Waals surface area (Å²) in [5, 5.41) is 11.6. The van der Waals surface area contributed by atoms with E-state index in [0.717, 1.165) is 28.8 Å². The smallest absolute Gasteiger partial charge is 0.277 e. The molecule has 0 aliphatic heterocycles. The summed E-state index contributed by atoms with van der Waals surface area (Å²) in [7, 11) is 0. The van der Waals surface area contributed by atoms with Crippen LogP contribution in [0.5, 0.6) is 0 Å². The summed E-state index contributed by atoms with van der Waals surface area (Å²) in [6.07, 6.45) is 0. The van der Waals surface area contributed by atoms with E-state index < -0.39 is 0 Å². The molecule has 0 radical (unpaired) electrons. The molecule has 1 aromatic carbocycles. The molecular formula is C16H15ClN4O3S. The van der Waals surface area contributed by atoms with Crippen molar-refractivity contribution in [3.63, 3.8) is 0 Å². The lowest BCUT2D eigenvalue weighted by molar-refractivity contribution is -0.118. The van der Waals surface area contributed by atoms with Gasteiger partial charge in [-0.3, -0.25) is 4.79 Å². The second kappa shape index (κ2) is 7.71. The molecule has 3 aromatic rings. The molecule has 0 unspecified atom stereocenters. The first kappa shape index (κ1) is 17.5. The Bertz CT molecular complexity index is 856. The Labute approximate surface area is 153 Å². The number of thioether (sulfide) groups is 1. The van der Waals surface area contributed by atoms with Gasteiger partial charge in [-0.05, 0) is 38.1 Å². The van der Waals surface area contributed by atoms with Gasteiger partial charge in [-0.2, -0.15) is 0 Å². The average molecular weight is 379 g/mol. The zero-order valence-corrected chi connectivity index (χ0v) is 15.1. The Morgan fingerprint density at radius 1 is 1.20 bits per heavy atom. The average Bonchev–Trinajstić information content (AvgIpc) is 3.19. The second-order valence-electron chi connectivity index (χ2n) is 5.19. The fourth-order valence-electron chi connectivity index (χ4n) is 1.94. The van der Waals surface area contributed by atoms with Crippen LogP contribution in [0, 0.1) is 13.8 Å². The van der Waals surface area contributed by atoms with Crippen molar-refractivity contribution in [2.45, 2.75) is 25.6 Å². The maximum Gasteiger partial charge on any atom is 0.277 e. The minimum atomic E-state index is -0.176. The number of aryl methyl sites for hydroxylation is 2. The predicted octanol–water partition coefficient (Wildman–Crippen LogP) is 3.40. The number of oxazole rings is 1. The number of halogens is 1. The van der Waals surface area contributed by atoms with Gasteiger partial charge in [0.2, 0.25) is 17.7 Å². The molecule has 0 spiro atoms. The van der Waals surface area contributed by atoms with E-state index in [0.29, 0.717) is 22.0 Å². The highest BCUT2D eigenvalue weighted by Gasteiger charge is 2.12. The zero-order valence-electron chi connectivity index (χ0n) is 13.6. The molecule has 25 heavy (non-hydrogen) atoms. The van der Waals surface area contributed by atoms with E-state index >= 15 is 0 Å². The van der Waals surface area contributed by atoms with Crippen molar-refractivity contribution in [2.24, 2.45) is 0 Å². The topological polar surface area (TPSA) is 94.1 Å². The molecule has 0 atom stereocenters. The molecule has 130 valence electrons. The van der Waals surface area contributed by atoms with Gasteiger partial charge in [-0.1, -0.05) is 23.4 Å². The number of rotatable bonds is 6. The largest absolute Gasteiger partial charge is 0.444 e. The standard InChI is InChI=1S/C16H15ClN4O3S/c1-9-10(2)23-14(19-9)7-18-13(22)8-25-16-21-20-15(24-16)11-3-5-12(17)6-4-11/h3-6H,7-8H2,1-2H3,(H,18,22). The van der Waals surface area contributed by atoms with E-state index in [1.54, 1.807) is 24.3 Å². The number of hydrogen-bond acceptors (Lipinski definition) is 7. The van der Waals surface area contributed by atoms with Gasteiger partial charge >= 0.3 is 0 Å². The van der Waals surface area contributed by atoms with Crippen LogP contribution in [0.2, 0.25) is 5.02 Å². The monoisotopic (exact) mass is 378 g/mol. The summed E-state index contributed by atoms with van der Waals surface area (Å²) >= 11 is 7.01. The highest BCUT2D eigenvalue weighted by atomic mass is 35.5. The lowest BCUT2D eigenvalue weighted by atomic mass is 10.2. The van der Waals surface area contributed by atoms with Crippen molar-refractivity contribution in [1.29, 1.82) is 0 Å². The van der Waals surface area contributed by atoms with Crippen molar-refractivity contribution in [1.82, 2.24) is 20.5 Å². The maximum atomic E-state index is 11.9. The van der Waals surface area contributed by atoms with Crippen LogP contribution in [0.3, 0.4) is 0 Å². The third kappa shape index (κ3) is 4.61. The Hall–Kier alpha value is -2.32. The van der Waals surface area contributed by atoms with Gasteiger partial charge in [0, 0.05) is 10.6 Å². The lowest BCUT2D eigenvalue weighted by Gasteiger charge is -2.00. The molecule has 1 amide bonds. The first-order valence-corrected chi connectivity index (χ1v) is 8.79. The van der Waals surface area contributed by atoms with Crippen molar-refractivity contribution >= 4 is 29.3 Å². The fourth-order valence-corrected chi connectivity index (χ4v) is 2.66. The van der Waals surface area contributed by atoms with Crippen LogP contribution in [0.15, 0.2) is 38.3 Å². The van der Waals surface area contributed by atoms with Gasteiger partial charge in [0.25, 0.3) is 5.22 Å². The number of benzene rings is 1. The van der Waals surface area contributed by atoms with E-state index in [4.69, 9.17) is 20.4 Å². The van der Waals surface area contributed by atoms with Crippen molar-refractivity contribution in [3.8, 4) is 11.5 Å². The van der Waals surface area contributed by atoms with Crippen LogP contribution < -0.4 is 5.32 Å². The third-order valence-corrected chi connectivity index (χ3v) is 4.40. The van der Waals surface area contributed by atoms with Crippen molar-refractivity contribution in [2.75, 3.05) is 5.75 Å². The lowest BCUT2D eigenvalue weighted by Crippen LogP contribution is -2.24. The van der Waals surface area contributed by atoms with Crippen LogP contribution in [-0.2, 0) is 11.3 Å². The molecular weight excluding hydrogens is 364 g/mol.